The summed E-state index contributed by atoms with van der Waals surface area (Å²) in [5.41, 5.74) is 2.82. The average Bonchev–Trinajstić information content (AvgIpc) is 2.65. The van der Waals surface area contributed by atoms with Crippen molar-refractivity contribution < 1.29 is 4.74 Å². The van der Waals surface area contributed by atoms with Gasteiger partial charge in [-0.1, -0.05) is 42.5 Å². The van der Waals surface area contributed by atoms with Crippen LogP contribution in [0.2, 0.25) is 0 Å². The Hall–Kier alpha value is -1.84. The topological polar surface area (TPSA) is 15.7 Å². The van der Waals surface area contributed by atoms with Gasteiger partial charge in [-0.25, -0.2) is 0 Å². The van der Waals surface area contributed by atoms with Crippen LogP contribution in [0.5, 0.6) is 5.75 Å². The number of likely N-dealkylation sites (N-methyl/N-ethyl adjacent to an activating group) is 1. The lowest BCUT2D eigenvalue weighted by molar-refractivity contribution is 0.107. The number of hydrogen-bond acceptors (Lipinski definition) is 3. The molecule has 0 bridgehead atoms. The molecule has 0 spiro atoms. The molecule has 1 fully saturated rings. The molecule has 1 saturated heterocycles. The number of piperazine rings is 1. The molecule has 0 N–H and O–H groups in total. The second-order valence-corrected chi connectivity index (χ2v) is 6.65. The van der Waals surface area contributed by atoms with Gasteiger partial charge in [0.2, 0.25) is 0 Å². The van der Waals surface area contributed by atoms with Gasteiger partial charge in [0.25, 0.3) is 0 Å². The largest absolute Gasteiger partial charge is 0.497 e. The van der Waals surface area contributed by atoms with Crippen molar-refractivity contribution in [2.75, 3.05) is 40.3 Å². The maximum absolute atomic E-state index is 5.32. The van der Waals surface area contributed by atoms with Gasteiger partial charge in [0.1, 0.15) is 5.75 Å². The molecule has 3 heteroatoms. The van der Waals surface area contributed by atoms with Crippen molar-refractivity contribution in [3.63, 3.8) is 0 Å². The third-order valence-corrected chi connectivity index (χ3v) is 5.03. The Kier molecular flexibility index (Phi) is 5.89. The number of benzene rings is 2. The second kappa shape index (κ2) is 8.32. The SMILES string of the molecule is COc1ccc(C(CCc2ccccc2)N2CCN(C)CC2)cc1. The number of rotatable bonds is 6. The third kappa shape index (κ3) is 4.37. The van der Waals surface area contributed by atoms with Crippen molar-refractivity contribution in [2.24, 2.45) is 0 Å². The van der Waals surface area contributed by atoms with Gasteiger partial charge in [-0.15, -0.1) is 0 Å². The molecular weight excluding hydrogens is 296 g/mol. The Morgan fingerprint density at radius 1 is 0.917 bits per heavy atom. The van der Waals surface area contributed by atoms with Crippen LogP contribution in [0.25, 0.3) is 0 Å². The van der Waals surface area contributed by atoms with Gasteiger partial charge in [0, 0.05) is 32.2 Å². The maximum atomic E-state index is 5.32. The van der Waals surface area contributed by atoms with E-state index in [4.69, 9.17) is 4.74 Å². The zero-order valence-corrected chi connectivity index (χ0v) is 14.8. The van der Waals surface area contributed by atoms with Crippen LogP contribution < -0.4 is 4.74 Å². The van der Waals surface area contributed by atoms with Gasteiger partial charge < -0.3 is 9.64 Å². The van der Waals surface area contributed by atoms with Crippen molar-refractivity contribution >= 4 is 0 Å². The molecular formula is C21H28N2O. The fourth-order valence-corrected chi connectivity index (χ4v) is 3.47. The molecule has 1 unspecified atom stereocenters. The second-order valence-electron chi connectivity index (χ2n) is 6.65. The molecule has 1 heterocycles. The molecule has 0 radical (unpaired) electrons. The summed E-state index contributed by atoms with van der Waals surface area (Å²) in [5, 5.41) is 0. The van der Waals surface area contributed by atoms with Crippen LogP contribution in [-0.2, 0) is 6.42 Å². The molecule has 0 aromatic heterocycles. The molecule has 128 valence electrons. The minimum atomic E-state index is 0.477. The van der Waals surface area contributed by atoms with Gasteiger partial charge in [0.05, 0.1) is 7.11 Å². The summed E-state index contributed by atoms with van der Waals surface area (Å²) in [7, 11) is 3.94. The lowest BCUT2D eigenvalue weighted by atomic mass is 9.96. The summed E-state index contributed by atoms with van der Waals surface area (Å²) < 4.78 is 5.32. The number of methoxy groups -OCH3 is 1. The highest BCUT2D eigenvalue weighted by atomic mass is 16.5. The highest BCUT2D eigenvalue weighted by Gasteiger charge is 2.23. The summed E-state index contributed by atoms with van der Waals surface area (Å²) in [6, 6.07) is 19.9. The smallest absolute Gasteiger partial charge is 0.118 e. The molecule has 0 aliphatic carbocycles. The first-order chi connectivity index (χ1) is 11.8. The molecule has 3 rings (SSSR count). The van der Waals surface area contributed by atoms with E-state index in [-0.39, 0.29) is 0 Å². The Morgan fingerprint density at radius 2 is 1.58 bits per heavy atom. The average molecular weight is 324 g/mol. The quantitative estimate of drug-likeness (QED) is 0.807. The Labute approximate surface area is 145 Å². The van der Waals surface area contributed by atoms with E-state index in [2.05, 4.69) is 71.4 Å². The summed E-state index contributed by atoms with van der Waals surface area (Å²) in [6.45, 7) is 4.58. The number of aryl methyl sites for hydroxylation is 1. The van der Waals surface area contributed by atoms with Crippen molar-refractivity contribution in [3.8, 4) is 5.75 Å². The van der Waals surface area contributed by atoms with Gasteiger partial charge in [-0.3, -0.25) is 4.90 Å². The van der Waals surface area contributed by atoms with E-state index in [1.54, 1.807) is 7.11 Å². The van der Waals surface area contributed by atoms with Crippen LogP contribution in [0.1, 0.15) is 23.6 Å². The van der Waals surface area contributed by atoms with Crippen molar-refractivity contribution in [1.29, 1.82) is 0 Å². The predicted molar refractivity (Wildman–Crippen MR) is 99.6 cm³/mol. The van der Waals surface area contributed by atoms with Crippen molar-refractivity contribution in [3.05, 3.63) is 65.7 Å². The molecule has 1 atom stereocenters. The Balaban J connectivity index is 1.74. The zero-order chi connectivity index (χ0) is 16.8. The van der Waals surface area contributed by atoms with Gasteiger partial charge in [-0.2, -0.15) is 0 Å². The van der Waals surface area contributed by atoms with Crippen LogP contribution in [0.3, 0.4) is 0 Å². The van der Waals surface area contributed by atoms with E-state index in [0.717, 1.165) is 44.8 Å². The molecule has 2 aromatic carbocycles. The fraction of sp³-hybridized carbons (Fsp3) is 0.429. The van der Waals surface area contributed by atoms with Gasteiger partial charge >= 0.3 is 0 Å². The Bertz CT molecular complexity index is 603. The van der Waals surface area contributed by atoms with E-state index < -0.39 is 0 Å². The van der Waals surface area contributed by atoms with Crippen LogP contribution in [-0.4, -0.2) is 50.1 Å². The van der Waals surface area contributed by atoms with Gasteiger partial charge in [0.15, 0.2) is 0 Å². The zero-order valence-electron chi connectivity index (χ0n) is 14.8. The highest BCUT2D eigenvalue weighted by molar-refractivity contribution is 5.29. The first kappa shape index (κ1) is 17.0. The lowest BCUT2D eigenvalue weighted by Crippen LogP contribution is -2.46. The van der Waals surface area contributed by atoms with E-state index in [0.29, 0.717) is 6.04 Å². The molecule has 3 nitrogen and oxygen atoms in total. The molecule has 24 heavy (non-hydrogen) atoms. The maximum Gasteiger partial charge on any atom is 0.118 e. The van der Waals surface area contributed by atoms with E-state index in [9.17, 15) is 0 Å². The Morgan fingerprint density at radius 3 is 2.21 bits per heavy atom. The lowest BCUT2D eigenvalue weighted by Gasteiger charge is -2.38. The molecule has 0 amide bonds. The van der Waals surface area contributed by atoms with Crippen molar-refractivity contribution in [1.82, 2.24) is 9.80 Å². The van der Waals surface area contributed by atoms with Crippen LogP contribution >= 0.6 is 0 Å². The van der Waals surface area contributed by atoms with Crippen LogP contribution in [0.15, 0.2) is 54.6 Å². The van der Waals surface area contributed by atoms with Gasteiger partial charge in [-0.05, 0) is 43.1 Å². The minimum Gasteiger partial charge on any atom is -0.497 e. The van der Waals surface area contributed by atoms with Crippen LogP contribution in [0.4, 0.5) is 0 Å². The molecule has 0 saturated carbocycles. The number of nitrogens with zero attached hydrogens (tertiary/aromatic N) is 2. The van der Waals surface area contributed by atoms with Crippen LogP contribution in [0, 0.1) is 0 Å². The predicted octanol–water partition coefficient (Wildman–Crippen LogP) is 3.62. The first-order valence-electron chi connectivity index (χ1n) is 8.87. The molecule has 1 aliphatic rings. The summed E-state index contributed by atoms with van der Waals surface area (Å²) in [5.74, 6) is 0.930. The van der Waals surface area contributed by atoms with Crippen molar-refractivity contribution in [2.45, 2.75) is 18.9 Å². The minimum absolute atomic E-state index is 0.477. The normalized spacial score (nSPS) is 17.6. The highest BCUT2D eigenvalue weighted by Crippen LogP contribution is 2.28. The summed E-state index contributed by atoms with van der Waals surface area (Å²) in [4.78, 5) is 5.06. The fourth-order valence-electron chi connectivity index (χ4n) is 3.47. The van der Waals surface area contributed by atoms with E-state index in [1.807, 2.05) is 0 Å². The monoisotopic (exact) mass is 324 g/mol. The first-order valence-corrected chi connectivity index (χ1v) is 8.87. The number of hydrogen-bond donors (Lipinski definition) is 0. The van der Waals surface area contributed by atoms with E-state index in [1.165, 1.54) is 11.1 Å². The molecule has 2 aromatic rings. The standard InChI is InChI=1S/C21H28N2O/c1-22-14-16-23(17-15-22)21(13-8-18-6-4-3-5-7-18)19-9-11-20(24-2)12-10-19/h3-7,9-12,21H,8,13-17H2,1-2H3. The van der Waals surface area contributed by atoms with E-state index >= 15 is 0 Å². The summed E-state index contributed by atoms with van der Waals surface area (Å²) in [6.07, 6.45) is 2.27. The third-order valence-electron chi connectivity index (χ3n) is 5.03. The molecule has 1 aliphatic heterocycles. The number of ether oxygens (including phenoxy) is 1. The summed E-state index contributed by atoms with van der Waals surface area (Å²) >= 11 is 0.